The van der Waals surface area contributed by atoms with Gasteiger partial charge in [-0.05, 0) is 25.8 Å². The number of rotatable bonds is 3. The van der Waals surface area contributed by atoms with Crippen molar-refractivity contribution in [3.05, 3.63) is 12.7 Å². The highest BCUT2D eigenvalue weighted by Crippen LogP contribution is 2.24. The van der Waals surface area contributed by atoms with Crippen LogP contribution in [0.2, 0.25) is 0 Å². The van der Waals surface area contributed by atoms with Gasteiger partial charge in [-0.25, -0.2) is 0 Å². The molecule has 1 saturated heterocycles. The van der Waals surface area contributed by atoms with Crippen molar-refractivity contribution in [2.24, 2.45) is 0 Å². The second-order valence-corrected chi connectivity index (χ2v) is 3.10. The molecule has 3 heteroatoms. The third-order valence-corrected chi connectivity index (χ3v) is 2.31. The summed E-state index contributed by atoms with van der Waals surface area (Å²) in [7, 11) is 1.42. The maximum Gasteiger partial charge on any atom is 0.326 e. The van der Waals surface area contributed by atoms with Gasteiger partial charge < -0.3 is 10.1 Å². The van der Waals surface area contributed by atoms with E-state index in [1.807, 2.05) is 0 Å². The van der Waals surface area contributed by atoms with E-state index < -0.39 is 5.54 Å². The first-order valence-electron chi connectivity index (χ1n) is 4.19. The van der Waals surface area contributed by atoms with Crippen LogP contribution in [0.5, 0.6) is 0 Å². The highest BCUT2D eigenvalue weighted by Gasteiger charge is 2.40. The molecule has 0 saturated carbocycles. The minimum atomic E-state index is -0.476. The molecule has 0 aromatic heterocycles. The van der Waals surface area contributed by atoms with Crippen molar-refractivity contribution >= 4 is 5.97 Å². The first-order chi connectivity index (χ1) is 5.75. The summed E-state index contributed by atoms with van der Waals surface area (Å²) in [6.07, 6.45) is 4.30. The van der Waals surface area contributed by atoms with Gasteiger partial charge in [0.25, 0.3) is 0 Å². The quantitative estimate of drug-likeness (QED) is 0.503. The summed E-state index contributed by atoms with van der Waals surface area (Å²) in [6, 6.07) is 0. The molecule has 68 valence electrons. The highest BCUT2D eigenvalue weighted by molar-refractivity contribution is 5.81. The van der Waals surface area contributed by atoms with E-state index in [2.05, 4.69) is 11.9 Å². The smallest absolute Gasteiger partial charge is 0.326 e. The van der Waals surface area contributed by atoms with Crippen molar-refractivity contribution in [1.29, 1.82) is 0 Å². The molecule has 1 atom stereocenters. The summed E-state index contributed by atoms with van der Waals surface area (Å²) in [4.78, 5) is 11.4. The van der Waals surface area contributed by atoms with Crippen LogP contribution < -0.4 is 5.32 Å². The molecule has 1 fully saturated rings. The summed E-state index contributed by atoms with van der Waals surface area (Å²) in [5, 5.41) is 3.18. The van der Waals surface area contributed by atoms with E-state index in [4.69, 9.17) is 4.74 Å². The Kier molecular flexibility index (Phi) is 2.87. The molecule has 1 aliphatic rings. The molecular formula is C9H15NO2. The molecule has 0 amide bonds. The number of methoxy groups -OCH3 is 1. The SMILES string of the molecule is C=CC[C@@]1(C(=O)OC)CCCN1. The lowest BCUT2D eigenvalue weighted by Gasteiger charge is -2.24. The Hall–Kier alpha value is -0.830. The number of nitrogens with one attached hydrogen (secondary N) is 1. The summed E-state index contributed by atoms with van der Waals surface area (Å²) in [5.41, 5.74) is -0.476. The van der Waals surface area contributed by atoms with Crippen LogP contribution in [0.25, 0.3) is 0 Å². The Morgan fingerprint density at radius 2 is 2.58 bits per heavy atom. The number of carbonyl (C=O) groups is 1. The molecule has 0 spiro atoms. The summed E-state index contributed by atoms with van der Waals surface area (Å²) in [6.45, 7) is 4.53. The van der Waals surface area contributed by atoms with Crippen molar-refractivity contribution in [3.8, 4) is 0 Å². The summed E-state index contributed by atoms with van der Waals surface area (Å²) in [5.74, 6) is -0.167. The molecule has 0 aromatic carbocycles. The van der Waals surface area contributed by atoms with Gasteiger partial charge in [-0.15, -0.1) is 6.58 Å². The maximum absolute atomic E-state index is 11.4. The van der Waals surface area contributed by atoms with Crippen LogP contribution >= 0.6 is 0 Å². The van der Waals surface area contributed by atoms with E-state index in [1.54, 1.807) is 6.08 Å². The van der Waals surface area contributed by atoms with Gasteiger partial charge in [-0.3, -0.25) is 4.79 Å². The van der Waals surface area contributed by atoms with E-state index in [0.29, 0.717) is 6.42 Å². The molecule has 1 N–H and O–H groups in total. The van der Waals surface area contributed by atoms with Crippen molar-refractivity contribution < 1.29 is 9.53 Å². The van der Waals surface area contributed by atoms with Gasteiger partial charge >= 0.3 is 5.97 Å². The molecule has 0 aliphatic carbocycles. The fourth-order valence-corrected chi connectivity index (χ4v) is 1.68. The average Bonchev–Trinajstić information content (AvgIpc) is 2.53. The number of hydrogen-bond donors (Lipinski definition) is 1. The first kappa shape index (κ1) is 9.26. The van der Waals surface area contributed by atoms with Gasteiger partial charge in [0.05, 0.1) is 7.11 Å². The zero-order valence-corrected chi connectivity index (χ0v) is 7.43. The second-order valence-electron chi connectivity index (χ2n) is 3.10. The van der Waals surface area contributed by atoms with Gasteiger partial charge in [-0.1, -0.05) is 6.08 Å². The van der Waals surface area contributed by atoms with E-state index >= 15 is 0 Å². The maximum atomic E-state index is 11.4. The zero-order valence-electron chi connectivity index (χ0n) is 7.43. The van der Waals surface area contributed by atoms with Crippen molar-refractivity contribution in [3.63, 3.8) is 0 Å². The monoisotopic (exact) mass is 169 g/mol. The lowest BCUT2D eigenvalue weighted by Crippen LogP contribution is -2.47. The predicted octanol–water partition coefficient (Wildman–Crippen LogP) is 0.858. The van der Waals surface area contributed by atoms with Crippen LogP contribution in [0, 0.1) is 0 Å². The van der Waals surface area contributed by atoms with Gasteiger partial charge in [0.2, 0.25) is 0 Å². The Labute approximate surface area is 72.8 Å². The first-order valence-corrected chi connectivity index (χ1v) is 4.19. The third-order valence-electron chi connectivity index (χ3n) is 2.31. The minimum Gasteiger partial charge on any atom is -0.468 e. The highest BCUT2D eigenvalue weighted by atomic mass is 16.5. The van der Waals surface area contributed by atoms with Crippen molar-refractivity contribution in [2.45, 2.75) is 24.8 Å². The molecule has 1 rings (SSSR count). The Morgan fingerprint density at radius 1 is 1.83 bits per heavy atom. The summed E-state index contributed by atoms with van der Waals surface area (Å²) >= 11 is 0. The van der Waals surface area contributed by atoms with E-state index in [9.17, 15) is 4.79 Å². The van der Waals surface area contributed by atoms with Crippen LogP contribution in [0.4, 0.5) is 0 Å². The van der Waals surface area contributed by atoms with Gasteiger partial charge in [-0.2, -0.15) is 0 Å². The van der Waals surface area contributed by atoms with E-state index in [1.165, 1.54) is 7.11 Å². The van der Waals surface area contributed by atoms with Crippen LogP contribution in [0.15, 0.2) is 12.7 Å². The third kappa shape index (κ3) is 1.50. The zero-order chi connectivity index (χ0) is 9.03. The Bertz CT molecular complexity index is 183. The number of ether oxygens (including phenoxy) is 1. The molecule has 12 heavy (non-hydrogen) atoms. The molecule has 0 radical (unpaired) electrons. The van der Waals surface area contributed by atoms with Gasteiger partial charge in [0.15, 0.2) is 0 Å². The van der Waals surface area contributed by atoms with Crippen LogP contribution in [-0.4, -0.2) is 25.2 Å². The predicted molar refractivity (Wildman–Crippen MR) is 46.8 cm³/mol. The topological polar surface area (TPSA) is 38.3 Å². The largest absolute Gasteiger partial charge is 0.468 e. The van der Waals surface area contributed by atoms with Crippen LogP contribution in [0.3, 0.4) is 0 Å². The molecular weight excluding hydrogens is 154 g/mol. The fraction of sp³-hybridized carbons (Fsp3) is 0.667. The molecule has 1 aliphatic heterocycles. The number of carbonyl (C=O) groups excluding carboxylic acids is 1. The van der Waals surface area contributed by atoms with Crippen molar-refractivity contribution in [2.75, 3.05) is 13.7 Å². The van der Waals surface area contributed by atoms with E-state index in [-0.39, 0.29) is 5.97 Å². The Morgan fingerprint density at radius 3 is 3.00 bits per heavy atom. The second kappa shape index (κ2) is 3.72. The fourth-order valence-electron chi connectivity index (χ4n) is 1.68. The number of esters is 1. The normalized spacial score (nSPS) is 28.4. The molecule has 0 aromatic rings. The molecule has 0 unspecified atom stereocenters. The Balaban J connectivity index is 2.70. The molecule has 0 bridgehead atoms. The van der Waals surface area contributed by atoms with Crippen LogP contribution in [-0.2, 0) is 9.53 Å². The number of hydrogen-bond acceptors (Lipinski definition) is 3. The van der Waals surface area contributed by atoms with Gasteiger partial charge in [0.1, 0.15) is 5.54 Å². The minimum absolute atomic E-state index is 0.167. The van der Waals surface area contributed by atoms with Crippen LogP contribution in [0.1, 0.15) is 19.3 Å². The summed E-state index contributed by atoms with van der Waals surface area (Å²) < 4.78 is 4.74. The lowest BCUT2D eigenvalue weighted by atomic mass is 9.93. The molecule has 1 heterocycles. The lowest BCUT2D eigenvalue weighted by molar-refractivity contribution is -0.147. The molecule has 3 nitrogen and oxygen atoms in total. The average molecular weight is 169 g/mol. The van der Waals surface area contributed by atoms with Crippen molar-refractivity contribution in [1.82, 2.24) is 5.32 Å². The van der Waals surface area contributed by atoms with Gasteiger partial charge in [0, 0.05) is 0 Å². The van der Waals surface area contributed by atoms with E-state index in [0.717, 1.165) is 19.4 Å². The standard InChI is InChI=1S/C9H15NO2/c1-3-5-9(8(11)12-2)6-4-7-10-9/h3,10H,1,4-7H2,2H3/t9-/m0/s1.